The summed E-state index contributed by atoms with van der Waals surface area (Å²) in [6.07, 6.45) is 8.22. The third kappa shape index (κ3) is 4.45. The predicted octanol–water partition coefficient (Wildman–Crippen LogP) is 4.68. The summed E-state index contributed by atoms with van der Waals surface area (Å²) in [5, 5.41) is 19.1. The highest BCUT2D eigenvalue weighted by atomic mass is 35.5. The van der Waals surface area contributed by atoms with Gasteiger partial charge in [0, 0.05) is 29.2 Å². The summed E-state index contributed by atoms with van der Waals surface area (Å²) in [5.74, 6) is 1.56. The number of halogens is 2. The molecule has 0 radical (unpaired) electrons. The Kier molecular flexibility index (Phi) is 5.60. The molecule has 0 spiro atoms. The van der Waals surface area contributed by atoms with Crippen LogP contribution in [0.15, 0.2) is 24.4 Å². The van der Waals surface area contributed by atoms with Gasteiger partial charge in [-0.05, 0) is 87.5 Å². The highest BCUT2D eigenvalue weighted by Crippen LogP contribution is 2.40. The van der Waals surface area contributed by atoms with Crippen LogP contribution < -0.4 is 10.6 Å². The van der Waals surface area contributed by atoms with E-state index >= 15 is 0 Å². The summed E-state index contributed by atoms with van der Waals surface area (Å²) in [6, 6.07) is 5.58. The maximum absolute atomic E-state index is 14.7. The number of tetrazole rings is 1. The highest BCUT2D eigenvalue weighted by Gasteiger charge is 2.43. The molecule has 11 heteroatoms. The second-order valence-corrected chi connectivity index (χ2v) is 10.9. The molecule has 4 heterocycles. The Hall–Kier alpha value is -2.85. The van der Waals surface area contributed by atoms with Gasteiger partial charge in [-0.25, -0.2) is 9.37 Å². The first-order chi connectivity index (χ1) is 16.9. The van der Waals surface area contributed by atoms with E-state index in [1.165, 1.54) is 30.1 Å². The SMILES string of the molecule is CC1(C)CC(Nc2nc(Nc3ccc(F)c(-n4nnnc4C4CC4)c3)ncc2Cl)CC2CCCN21. The quantitative estimate of drug-likeness (QED) is 0.506. The van der Waals surface area contributed by atoms with Gasteiger partial charge < -0.3 is 10.6 Å². The van der Waals surface area contributed by atoms with E-state index in [0.717, 1.165) is 25.7 Å². The second-order valence-electron chi connectivity index (χ2n) is 10.5. The standard InChI is InChI=1S/C24H29ClFN9/c1-24(2)12-16(10-17-4-3-9-34(17)24)28-21-18(25)13-27-23(30-21)29-15-7-8-19(26)20(11-15)35-22(14-5-6-14)31-32-33-35/h7-8,11,13-14,16-17H,3-6,9-10,12H2,1-2H3,(H2,27,28,29,30). The van der Waals surface area contributed by atoms with E-state index in [0.29, 0.717) is 40.0 Å². The molecule has 1 aliphatic carbocycles. The van der Waals surface area contributed by atoms with Gasteiger partial charge in [-0.15, -0.1) is 5.10 Å². The predicted molar refractivity (Wildman–Crippen MR) is 132 cm³/mol. The molecule has 6 rings (SSSR count). The molecule has 3 aliphatic rings. The molecule has 3 aromatic rings. The Morgan fingerprint density at radius 2 is 2.06 bits per heavy atom. The molecule has 1 saturated carbocycles. The highest BCUT2D eigenvalue weighted by molar-refractivity contribution is 6.32. The summed E-state index contributed by atoms with van der Waals surface area (Å²) in [4.78, 5) is 11.6. The van der Waals surface area contributed by atoms with Crippen molar-refractivity contribution in [1.82, 2.24) is 35.1 Å². The molecule has 2 atom stereocenters. The van der Waals surface area contributed by atoms with Gasteiger partial charge in [-0.3, -0.25) is 4.90 Å². The monoisotopic (exact) mass is 497 g/mol. The zero-order valence-corrected chi connectivity index (χ0v) is 20.6. The van der Waals surface area contributed by atoms with E-state index in [2.05, 4.69) is 54.9 Å². The fraction of sp³-hybridized carbons (Fsp3) is 0.542. The minimum atomic E-state index is -0.398. The average Bonchev–Trinajstić information content (AvgIpc) is 3.33. The number of fused-ring (bicyclic) bond motifs is 1. The molecule has 2 unspecified atom stereocenters. The number of hydrogen-bond donors (Lipinski definition) is 2. The lowest BCUT2D eigenvalue weighted by molar-refractivity contribution is 0.0501. The maximum Gasteiger partial charge on any atom is 0.229 e. The van der Waals surface area contributed by atoms with E-state index in [1.807, 2.05) is 0 Å². The third-order valence-corrected chi connectivity index (χ3v) is 7.69. The molecule has 2 aliphatic heterocycles. The molecular weight excluding hydrogens is 469 g/mol. The Morgan fingerprint density at radius 1 is 1.20 bits per heavy atom. The molecule has 9 nitrogen and oxygen atoms in total. The van der Waals surface area contributed by atoms with E-state index in [4.69, 9.17) is 11.6 Å². The van der Waals surface area contributed by atoms with Gasteiger partial charge in [-0.1, -0.05) is 11.6 Å². The fourth-order valence-corrected chi connectivity index (χ4v) is 5.83. The third-order valence-electron chi connectivity index (χ3n) is 7.41. The summed E-state index contributed by atoms with van der Waals surface area (Å²) >= 11 is 6.47. The van der Waals surface area contributed by atoms with E-state index in [-0.39, 0.29) is 17.5 Å². The van der Waals surface area contributed by atoms with Gasteiger partial charge in [0.2, 0.25) is 5.95 Å². The molecular formula is C24H29ClFN9. The Labute approximate surface area is 208 Å². The lowest BCUT2D eigenvalue weighted by atomic mass is 9.84. The molecule has 2 saturated heterocycles. The fourth-order valence-electron chi connectivity index (χ4n) is 5.69. The van der Waals surface area contributed by atoms with E-state index < -0.39 is 5.82 Å². The van der Waals surface area contributed by atoms with Crippen molar-refractivity contribution in [3.63, 3.8) is 0 Å². The summed E-state index contributed by atoms with van der Waals surface area (Å²) in [5.41, 5.74) is 1.06. The van der Waals surface area contributed by atoms with E-state index in [9.17, 15) is 4.39 Å². The van der Waals surface area contributed by atoms with Crippen LogP contribution in [0, 0.1) is 5.82 Å². The molecule has 2 N–H and O–H groups in total. The number of nitrogens with zero attached hydrogens (tertiary/aromatic N) is 7. The number of hydrogen-bond acceptors (Lipinski definition) is 8. The average molecular weight is 498 g/mol. The van der Waals surface area contributed by atoms with Gasteiger partial charge in [0.1, 0.15) is 16.5 Å². The van der Waals surface area contributed by atoms with Crippen LogP contribution in [0.3, 0.4) is 0 Å². The molecule has 0 amide bonds. The smallest absolute Gasteiger partial charge is 0.229 e. The van der Waals surface area contributed by atoms with Crippen molar-refractivity contribution < 1.29 is 4.39 Å². The lowest BCUT2D eigenvalue weighted by Gasteiger charge is -2.47. The number of aromatic nitrogens is 6. The number of benzene rings is 1. The van der Waals surface area contributed by atoms with Crippen LogP contribution in [-0.4, -0.2) is 59.2 Å². The zero-order chi connectivity index (χ0) is 24.2. The summed E-state index contributed by atoms with van der Waals surface area (Å²) in [6.45, 7) is 5.82. The summed E-state index contributed by atoms with van der Waals surface area (Å²) in [7, 11) is 0. The number of piperidine rings is 1. The minimum absolute atomic E-state index is 0.137. The zero-order valence-electron chi connectivity index (χ0n) is 19.9. The van der Waals surface area contributed by atoms with Crippen molar-refractivity contribution in [2.75, 3.05) is 17.2 Å². The first kappa shape index (κ1) is 22.6. The Balaban J connectivity index is 1.21. The molecule has 1 aromatic carbocycles. The number of rotatable bonds is 6. The van der Waals surface area contributed by atoms with Crippen LogP contribution in [0.2, 0.25) is 5.02 Å². The normalized spacial score (nSPS) is 23.8. The van der Waals surface area contributed by atoms with Gasteiger partial charge in [0.15, 0.2) is 11.6 Å². The Bertz CT molecular complexity index is 1240. The molecule has 3 fully saturated rings. The van der Waals surface area contributed by atoms with Crippen LogP contribution in [0.5, 0.6) is 0 Å². The lowest BCUT2D eigenvalue weighted by Crippen LogP contribution is -2.55. The number of anilines is 3. The van der Waals surface area contributed by atoms with Crippen LogP contribution in [0.25, 0.3) is 5.69 Å². The topological polar surface area (TPSA) is 96.7 Å². The first-order valence-electron chi connectivity index (χ1n) is 12.3. The van der Waals surface area contributed by atoms with Crippen molar-refractivity contribution in [2.45, 2.75) is 75.9 Å². The van der Waals surface area contributed by atoms with Crippen LogP contribution in [0.4, 0.5) is 21.8 Å². The van der Waals surface area contributed by atoms with Crippen LogP contribution in [-0.2, 0) is 0 Å². The van der Waals surface area contributed by atoms with E-state index in [1.54, 1.807) is 18.3 Å². The van der Waals surface area contributed by atoms with Gasteiger partial charge in [-0.2, -0.15) is 9.67 Å². The van der Waals surface area contributed by atoms with Crippen molar-refractivity contribution in [3.8, 4) is 5.69 Å². The maximum atomic E-state index is 14.7. The second kappa shape index (κ2) is 8.67. The van der Waals surface area contributed by atoms with Crippen LogP contribution >= 0.6 is 11.6 Å². The largest absolute Gasteiger partial charge is 0.366 e. The minimum Gasteiger partial charge on any atom is -0.366 e. The molecule has 184 valence electrons. The van der Waals surface area contributed by atoms with Crippen LogP contribution in [0.1, 0.15) is 64.1 Å². The molecule has 0 bridgehead atoms. The van der Waals surface area contributed by atoms with Gasteiger partial charge in [0.25, 0.3) is 0 Å². The summed E-state index contributed by atoms with van der Waals surface area (Å²) < 4.78 is 16.1. The Morgan fingerprint density at radius 3 is 2.89 bits per heavy atom. The number of nitrogens with one attached hydrogen (secondary N) is 2. The molecule has 2 aromatic heterocycles. The van der Waals surface area contributed by atoms with Gasteiger partial charge in [0.05, 0.1) is 6.20 Å². The van der Waals surface area contributed by atoms with Crippen molar-refractivity contribution in [1.29, 1.82) is 0 Å². The van der Waals surface area contributed by atoms with Crippen molar-refractivity contribution >= 4 is 29.1 Å². The molecule has 35 heavy (non-hydrogen) atoms. The van der Waals surface area contributed by atoms with Gasteiger partial charge >= 0.3 is 0 Å². The first-order valence-corrected chi connectivity index (χ1v) is 12.7. The van der Waals surface area contributed by atoms with Crippen molar-refractivity contribution in [3.05, 3.63) is 41.1 Å². The van der Waals surface area contributed by atoms with Crippen molar-refractivity contribution in [2.24, 2.45) is 0 Å².